The van der Waals surface area contributed by atoms with E-state index in [1.54, 1.807) is 0 Å². The van der Waals surface area contributed by atoms with Gasteiger partial charge in [0, 0.05) is 7.11 Å². The molecule has 9 nitrogen and oxygen atoms in total. The molecule has 20 heavy (non-hydrogen) atoms. The molecule has 1 aliphatic rings. The number of fused-ring (bicyclic) bond motifs is 1. The molecule has 0 spiro atoms. The zero-order valence-electron chi connectivity index (χ0n) is 10.6. The van der Waals surface area contributed by atoms with E-state index in [2.05, 4.69) is 15.0 Å². The van der Waals surface area contributed by atoms with E-state index in [-0.39, 0.29) is 18.0 Å². The molecule has 0 radical (unpaired) electrons. The minimum Gasteiger partial charge on any atom is -0.492 e. The summed E-state index contributed by atoms with van der Waals surface area (Å²) in [6, 6.07) is 0. The summed E-state index contributed by atoms with van der Waals surface area (Å²) >= 11 is 0. The highest BCUT2D eigenvalue weighted by Crippen LogP contribution is 2.33. The summed E-state index contributed by atoms with van der Waals surface area (Å²) in [5, 5.41) is 29.1. The maximum Gasteiger partial charge on any atom is 0.242 e. The fourth-order valence-electron chi connectivity index (χ4n) is 2.41. The molecule has 0 unspecified atom stereocenters. The quantitative estimate of drug-likeness (QED) is 0.641. The Morgan fingerprint density at radius 2 is 2.20 bits per heavy atom. The number of ether oxygens (including phenoxy) is 2. The van der Waals surface area contributed by atoms with Crippen LogP contribution in [-0.4, -0.2) is 66.9 Å². The molecular weight excluding hydrogens is 268 g/mol. The lowest BCUT2D eigenvalue weighted by molar-refractivity contribution is -0.0535. The standard InChI is InChI=1S/C11H14N4O5/c1-19-8-5(2-16)20-11(7(8)17)15-4-14-6-9(15)12-3-13-10(6)18/h3-5,7-8,11,16-17H,2H2,1H3,(H,12,13,18)/t5-,7-,8-,11-/m1/s1. The monoisotopic (exact) mass is 282 g/mol. The molecule has 1 fully saturated rings. The van der Waals surface area contributed by atoms with Gasteiger partial charge in [-0.25, -0.2) is 9.97 Å². The third-order valence-electron chi connectivity index (χ3n) is 3.38. The van der Waals surface area contributed by atoms with Crippen molar-refractivity contribution in [1.29, 1.82) is 0 Å². The van der Waals surface area contributed by atoms with Crippen molar-refractivity contribution in [3.05, 3.63) is 12.7 Å². The Hall–Kier alpha value is -1.81. The lowest BCUT2D eigenvalue weighted by Crippen LogP contribution is -2.35. The summed E-state index contributed by atoms with van der Waals surface area (Å²) in [4.78, 5) is 11.6. The van der Waals surface area contributed by atoms with Crippen LogP contribution in [0.1, 0.15) is 6.23 Å². The summed E-state index contributed by atoms with van der Waals surface area (Å²) in [5.74, 6) is -0.247. The molecule has 0 bridgehead atoms. The van der Waals surface area contributed by atoms with E-state index in [4.69, 9.17) is 9.47 Å². The first-order valence-electron chi connectivity index (χ1n) is 6.01. The Morgan fingerprint density at radius 1 is 1.40 bits per heavy atom. The van der Waals surface area contributed by atoms with Gasteiger partial charge in [-0.05, 0) is 0 Å². The third kappa shape index (κ3) is 1.83. The number of rotatable bonds is 3. The Balaban J connectivity index is 2.01. The van der Waals surface area contributed by atoms with Crippen molar-refractivity contribution in [3.8, 4) is 5.88 Å². The first-order chi connectivity index (χ1) is 9.67. The molecule has 3 heterocycles. The van der Waals surface area contributed by atoms with Gasteiger partial charge in [0.05, 0.1) is 12.9 Å². The molecule has 108 valence electrons. The van der Waals surface area contributed by atoms with Gasteiger partial charge >= 0.3 is 0 Å². The smallest absolute Gasteiger partial charge is 0.242 e. The third-order valence-corrected chi connectivity index (χ3v) is 3.38. The van der Waals surface area contributed by atoms with Crippen LogP contribution in [0.2, 0.25) is 0 Å². The molecule has 3 rings (SSSR count). The van der Waals surface area contributed by atoms with Crippen LogP contribution >= 0.6 is 0 Å². The number of aromatic hydroxyl groups is 1. The van der Waals surface area contributed by atoms with Gasteiger partial charge < -0.3 is 24.8 Å². The van der Waals surface area contributed by atoms with Crippen LogP contribution in [0.4, 0.5) is 0 Å². The van der Waals surface area contributed by atoms with Gasteiger partial charge in [-0.3, -0.25) is 4.57 Å². The van der Waals surface area contributed by atoms with E-state index in [0.717, 1.165) is 0 Å². The second-order valence-electron chi connectivity index (χ2n) is 4.46. The predicted octanol–water partition coefficient (Wildman–Crippen LogP) is -1.20. The zero-order chi connectivity index (χ0) is 14.3. The van der Waals surface area contributed by atoms with Gasteiger partial charge in [-0.15, -0.1) is 0 Å². The maximum atomic E-state index is 10.2. The minimum absolute atomic E-state index is 0.213. The summed E-state index contributed by atoms with van der Waals surface area (Å²) in [7, 11) is 1.43. The molecule has 2 aromatic heterocycles. The molecule has 1 aliphatic heterocycles. The molecule has 2 aromatic rings. The Bertz CT molecular complexity index is 618. The van der Waals surface area contributed by atoms with E-state index in [1.165, 1.54) is 24.3 Å². The van der Waals surface area contributed by atoms with Crippen LogP contribution in [0.5, 0.6) is 5.88 Å². The highest BCUT2D eigenvalue weighted by atomic mass is 16.6. The fraction of sp³-hybridized carbons (Fsp3) is 0.545. The van der Waals surface area contributed by atoms with E-state index in [1.807, 2.05) is 0 Å². The first kappa shape index (κ1) is 13.2. The Labute approximate surface area is 113 Å². The number of nitrogens with zero attached hydrogens (tertiary/aromatic N) is 4. The average molecular weight is 282 g/mol. The van der Waals surface area contributed by atoms with Gasteiger partial charge in [0.25, 0.3) is 0 Å². The van der Waals surface area contributed by atoms with Crippen LogP contribution in [0.3, 0.4) is 0 Å². The molecule has 3 N–H and O–H groups in total. The minimum atomic E-state index is -0.994. The van der Waals surface area contributed by atoms with Gasteiger partial charge in [-0.2, -0.15) is 4.98 Å². The lowest BCUT2D eigenvalue weighted by atomic mass is 10.1. The maximum absolute atomic E-state index is 10.2. The van der Waals surface area contributed by atoms with Crippen molar-refractivity contribution in [3.63, 3.8) is 0 Å². The molecule has 9 heteroatoms. The lowest BCUT2D eigenvalue weighted by Gasteiger charge is -2.17. The largest absolute Gasteiger partial charge is 0.492 e. The number of aromatic nitrogens is 4. The van der Waals surface area contributed by atoms with Crippen molar-refractivity contribution in [2.75, 3.05) is 13.7 Å². The van der Waals surface area contributed by atoms with Crippen molar-refractivity contribution < 1.29 is 24.8 Å². The molecule has 1 saturated heterocycles. The average Bonchev–Trinajstić information content (AvgIpc) is 3.00. The number of aliphatic hydroxyl groups excluding tert-OH is 2. The first-order valence-corrected chi connectivity index (χ1v) is 6.01. The van der Waals surface area contributed by atoms with Crippen LogP contribution in [0.25, 0.3) is 11.2 Å². The number of imidazole rings is 1. The van der Waals surface area contributed by atoms with Crippen LogP contribution in [0.15, 0.2) is 12.7 Å². The summed E-state index contributed by atoms with van der Waals surface area (Å²) in [5.41, 5.74) is 0.541. The number of hydrogen-bond donors (Lipinski definition) is 3. The highest BCUT2D eigenvalue weighted by molar-refractivity contribution is 5.75. The molecule has 0 aromatic carbocycles. The number of methoxy groups -OCH3 is 1. The normalized spacial score (nSPS) is 30.1. The van der Waals surface area contributed by atoms with Crippen LogP contribution in [-0.2, 0) is 9.47 Å². The van der Waals surface area contributed by atoms with Crippen molar-refractivity contribution in [2.45, 2.75) is 24.5 Å². The molecular formula is C11H14N4O5. The molecule has 0 amide bonds. The second kappa shape index (κ2) is 4.94. The summed E-state index contributed by atoms with van der Waals surface area (Å²) < 4.78 is 12.2. The van der Waals surface area contributed by atoms with Gasteiger partial charge in [0.1, 0.15) is 24.6 Å². The van der Waals surface area contributed by atoms with E-state index in [0.29, 0.717) is 5.65 Å². The van der Waals surface area contributed by atoms with E-state index < -0.39 is 24.5 Å². The molecule has 0 saturated carbocycles. The topological polar surface area (TPSA) is 123 Å². The van der Waals surface area contributed by atoms with Crippen LogP contribution in [0, 0.1) is 0 Å². The Kier molecular flexibility index (Phi) is 3.26. The number of hydrogen-bond acceptors (Lipinski definition) is 8. The van der Waals surface area contributed by atoms with E-state index >= 15 is 0 Å². The summed E-state index contributed by atoms with van der Waals surface area (Å²) in [6.07, 6.45) is -0.526. The van der Waals surface area contributed by atoms with Gasteiger partial charge in [0.15, 0.2) is 17.4 Å². The van der Waals surface area contributed by atoms with Crippen molar-refractivity contribution >= 4 is 11.2 Å². The SMILES string of the molecule is CO[C@H]1[C@@H](O)[C@H](n2cnc3c(O)ncnc32)O[C@@H]1CO. The Morgan fingerprint density at radius 3 is 2.85 bits per heavy atom. The molecule has 4 atom stereocenters. The van der Waals surface area contributed by atoms with Gasteiger partial charge in [0.2, 0.25) is 5.88 Å². The van der Waals surface area contributed by atoms with Crippen molar-refractivity contribution in [1.82, 2.24) is 19.5 Å². The zero-order valence-corrected chi connectivity index (χ0v) is 10.6. The highest BCUT2D eigenvalue weighted by Gasteiger charge is 2.45. The second-order valence-corrected chi connectivity index (χ2v) is 4.46. The van der Waals surface area contributed by atoms with Crippen molar-refractivity contribution in [2.24, 2.45) is 0 Å². The summed E-state index contributed by atoms with van der Waals surface area (Å²) in [6.45, 7) is -0.279. The predicted molar refractivity (Wildman–Crippen MR) is 64.8 cm³/mol. The molecule has 0 aliphatic carbocycles. The number of aliphatic hydroxyl groups is 2. The van der Waals surface area contributed by atoms with Gasteiger partial charge in [-0.1, -0.05) is 0 Å². The fourth-order valence-corrected chi connectivity index (χ4v) is 2.41. The van der Waals surface area contributed by atoms with Crippen LogP contribution < -0.4 is 0 Å². The van der Waals surface area contributed by atoms with E-state index in [9.17, 15) is 15.3 Å².